The van der Waals surface area contributed by atoms with Crippen molar-refractivity contribution in [3.05, 3.63) is 0 Å². The number of aliphatic hydroxyl groups excluding tert-OH is 1. The largest absolute Gasteiger partial charge is 0.469 e. The molecule has 0 spiro atoms. The van der Waals surface area contributed by atoms with Crippen LogP contribution in [-0.2, 0) is 23.1 Å². The maximum atomic E-state index is 12.0. The van der Waals surface area contributed by atoms with E-state index in [1.165, 1.54) is 7.11 Å². The smallest absolute Gasteiger partial charge is 0.358 e. The summed E-state index contributed by atoms with van der Waals surface area (Å²) in [5, 5.41) is 9.65. The zero-order chi connectivity index (χ0) is 12.6. The lowest BCUT2D eigenvalue weighted by atomic mass is 10.3. The molecule has 0 rings (SSSR count). The number of ether oxygens (including phenoxy) is 1. The molecule has 0 amide bonds. The Kier molecular flexibility index (Phi) is 7.58. The summed E-state index contributed by atoms with van der Waals surface area (Å²) in [5.74, 6) is -1.77. The molecule has 0 saturated carbocycles. The van der Waals surface area contributed by atoms with Crippen LogP contribution in [0, 0.1) is 0 Å². The molecule has 7 heteroatoms. The lowest BCUT2D eigenvalue weighted by molar-refractivity contribution is -0.141. The van der Waals surface area contributed by atoms with Crippen molar-refractivity contribution in [3.63, 3.8) is 0 Å². The van der Waals surface area contributed by atoms with Gasteiger partial charge in [0.05, 0.1) is 20.3 Å². The lowest BCUT2D eigenvalue weighted by Crippen LogP contribution is -2.15. The van der Waals surface area contributed by atoms with Crippen molar-refractivity contribution >= 4 is 13.6 Å². The first kappa shape index (κ1) is 15.6. The molecule has 0 aromatic rings. The summed E-state index contributed by atoms with van der Waals surface area (Å²) in [7, 11) is -2.28. The topological polar surface area (TPSA) is 82.1 Å². The van der Waals surface area contributed by atoms with E-state index in [1.807, 2.05) is 0 Å². The number of hydrogen-bond acceptors (Lipinski definition) is 6. The van der Waals surface area contributed by atoms with Crippen LogP contribution < -0.4 is 0 Å². The highest BCUT2D eigenvalue weighted by molar-refractivity contribution is 7.54. The minimum absolute atomic E-state index is 0.00997. The van der Waals surface area contributed by atoms with E-state index in [2.05, 4.69) is 4.74 Å². The maximum Gasteiger partial charge on any atom is 0.358 e. The molecule has 6 nitrogen and oxygen atoms in total. The van der Waals surface area contributed by atoms with Crippen LogP contribution >= 0.6 is 7.60 Å². The van der Waals surface area contributed by atoms with E-state index < -0.39 is 19.4 Å². The molecule has 0 radical (unpaired) electrons. The van der Waals surface area contributed by atoms with Crippen LogP contribution in [0.4, 0.5) is 0 Å². The summed E-state index contributed by atoms with van der Waals surface area (Å²) in [4.78, 5) is 10.9. The van der Waals surface area contributed by atoms with Gasteiger partial charge in [-0.25, -0.2) is 0 Å². The van der Waals surface area contributed by atoms with Crippen molar-refractivity contribution in [2.45, 2.75) is 32.5 Å². The Balaban J connectivity index is 4.32. The second-order valence-corrected chi connectivity index (χ2v) is 5.16. The summed E-state index contributed by atoms with van der Waals surface area (Å²) in [5.41, 5.74) is 0. The van der Waals surface area contributed by atoms with Gasteiger partial charge in [-0.15, -0.1) is 0 Å². The van der Waals surface area contributed by atoms with Crippen molar-refractivity contribution in [2.75, 3.05) is 20.3 Å². The van der Waals surface area contributed by atoms with Crippen molar-refractivity contribution < 1.29 is 28.3 Å². The van der Waals surface area contributed by atoms with Gasteiger partial charge in [0, 0.05) is 6.42 Å². The van der Waals surface area contributed by atoms with Gasteiger partial charge < -0.3 is 18.9 Å². The molecular weight excluding hydrogens is 235 g/mol. The number of carbonyl (C=O) groups is 1. The molecule has 0 bridgehead atoms. The van der Waals surface area contributed by atoms with Crippen molar-refractivity contribution in [2.24, 2.45) is 0 Å². The van der Waals surface area contributed by atoms with Crippen molar-refractivity contribution in [1.29, 1.82) is 0 Å². The van der Waals surface area contributed by atoms with Gasteiger partial charge in [-0.3, -0.25) is 9.36 Å². The van der Waals surface area contributed by atoms with E-state index in [9.17, 15) is 14.5 Å². The highest BCUT2D eigenvalue weighted by Gasteiger charge is 2.34. The molecule has 1 atom stereocenters. The number of rotatable bonds is 8. The van der Waals surface area contributed by atoms with E-state index in [0.717, 1.165) is 0 Å². The lowest BCUT2D eigenvalue weighted by Gasteiger charge is -2.21. The molecule has 1 unspecified atom stereocenters. The van der Waals surface area contributed by atoms with Gasteiger partial charge in [0.1, 0.15) is 0 Å². The molecule has 0 fully saturated rings. The summed E-state index contributed by atoms with van der Waals surface area (Å²) >= 11 is 0. The Labute approximate surface area is 95.4 Å². The standard InChI is InChI=1S/C9H19O6P/c1-4-14-16(12,15-5-2)9(11)7-6-8(10)13-3/h9,11H,4-7H2,1-3H3. The normalized spacial score (nSPS) is 13.5. The van der Waals surface area contributed by atoms with E-state index >= 15 is 0 Å². The number of esters is 1. The number of carbonyl (C=O) groups excluding carboxylic acids is 1. The Bertz CT molecular complexity index is 244. The van der Waals surface area contributed by atoms with Gasteiger partial charge in [0.25, 0.3) is 0 Å². The van der Waals surface area contributed by atoms with Crippen molar-refractivity contribution in [1.82, 2.24) is 0 Å². The predicted octanol–water partition coefficient (Wildman–Crippen LogP) is 1.52. The second-order valence-electron chi connectivity index (χ2n) is 2.97. The third-order valence-electron chi connectivity index (χ3n) is 1.82. The van der Waals surface area contributed by atoms with E-state index in [-0.39, 0.29) is 26.1 Å². The Morgan fingerprint density at radius 2 is 1.81 bits per heavy atom. The molecule has 16 heavy (non-hydrogen) atoms. The average Bonchev–Trinajstić information content (AvgIpc) is 2.25. The molecule has 1 N–H and O–H groups in total. The zero-order valence-electron chi connectivity index (χ0n) is 9.84. The Morgan fingerprint density at radius 1 is 1.31 bits per heavy atom. The molecule has 96 valence electrons. The quantitative estimate of drug-likeness (QED) is 0.522. The first-order valence-corrected chi connectivity index (χ1v) is 6.75. The number of hydrogen-bond donors (Lipinski definition) is 1. The molecule has 0 aromatic carbocycles. The predicted molar refractivity (Wildman–Crippen MR) is 58.1 cm³/mol. The van der Waals surface area contributed by atoms with Gasteiger partial charge >= 0.3 is 13.6 Å². The first-order valence-electron chi connectivity index (χ1n) is 5.13. The fourth-order valence-corrected chi connectivity index (χ4v) is 2.66. The minimum atomic E-state index is -3.53. The fourth-order valence-electron chi connectivity index (χ4n) is 1.08. The molecule has 0 aromatic heterocycles. The number of methoxy groups -OCH3 is 1. The SMILES string of the molecule is CCOP(=O)(OCC)C(O)CCC(=O)OC. The molecule has 0 saturated heterocycles. The maximum absolute atomic E-state index is 12.0. The van der Waals surface area contributed by atoms with Crippen LogP contribution in [-0.4, -0.2) is 37.2 Å². The Hall–Kier alpha value is -0.420. The zero-order valence-corrected chi connectivity index (χ0v) is 10.7. The molecule has 0 heterocycles. The molecule has 0 aliphatic heterocycles. The van der Waals surface area contributed by atoms with Gasteiger partial charge in [0.15, 0.2) is 5.85 Å². The third-order valence-corrected chi connectivity index (χ3v) is 4.04. The molecular formula is C9H19O6P. The number of aliphatic hydroxyl groups is 1. The summed E-state index contributed by atoms with van der Waals surface area (Å²) in [6.07, 6.45) is -0.0360. The molecule has 0 aliphatic rings. The van der Waals surface area contributed by atoms with Crippen LogP contribution in [0.15, 0.2) is 0 Å². The average molecular weight is 254 g/mol. The summed E-state index contributed by atoms with van der Waals surface area (Å²) in [6.45, 7) is 3.65. The van der Waals surface area contributed by atoms with Crippen LogP contribution in [0.1, 0.15) is 26.7 Å². The monoisotopic (exact) mass is 254 g/mol. The fraction of sp³-hybridized carbons (Fsp3) is 0.889. The van der Waals surface area contributed by atoms with Gasteiger partial charge in [-0.1, -0.05) is 0 Å². The van der Waals surface area contributed by atoms with E-state index in [1.54, 1.807) is 13.8 Å². The molecule has 0 aliphatic carbocycles. The van der Waals surface area contributed by atoms with Gasteiger partial charge in [0.2, 0.25) is 0 Å². The first-order chi connectivity index (χ1) is 7.50. The highest BCUT2D eigenvalue weighted by atomic mass is 31.2. The minimum Gasteiger partial charge on any atom is -0.469 e. The van der Waals surface area contributed by atoms with Crippen LogP contribution in [0.2, 0.25) is 0 Å². The van der Waals surface area contributed by atoms with E-state index in [4.69, 9.17) is 9.05 Å². The van der Waals surface area contributed by atoms with Crippen molar-refractivity contribution in [3.8, 4) is 0 Å². The van der Waals surface area contributed by atoms with Crippen LogP contribution in [0.5, 0.6) is 0 Å². The summed E-state index contributed by atoms with van der Waals surface area (Å²) in [6, 6.07) is 0. The Morgan fingerprint density at radius 3 is 2.19 bits per heavy atom. The van der Waals surface area contributed by atoms with Crippen LogP contribution in [0.3, 0.4) is 0 Å². The van der Waals surface area contributed by atoms with Gasteiger partial charge in [-0.2, -0.15) is 0 Å². The second kappa shape index (κ2) is 7.79. The van der Waals surface area contributed by atoms with E-state index in [0.29, 0.717) is 0 Å². The third kappa shape index (κ3) is 5.07. The highest BCUT2D eigenvalue weighted by Crippen LogP contribution is 2.53. The summed E-state index contributed by atoms with van der Waals surface area (Å²) < 4.78 is 26.2. The van der Waals surface area contributed by atoms with Gasteiger partial charge in [-0.05, 0) is 20.3 Å². The van der Waals surface area contributed by atoms with Crippen LogP contribution in [0.25, 0.3) is 0 Å².